The summed E-state index contributed by atoms with van der Waals surface area (Å²) in [6.07, 6.45) is 2.99. The molecule has 0 radical (unpaired) electrons. The first-order chi connectivity index (χ1) is 11.5. The topological polar surface area (TPSA) is 107 Å². The van der Waals surface area contributed by atoms with E-state index in [1.807, 2.05) is 0 Å². The highest BCUT2D eigenvalue weighted by Gasteiger charge is 2.14. The van der Waals surface area contributed by atoms with E-state index in [0.29, 0.717) is 17.1 Å². The first-order valence-electron chi connectivity index (χ1n) is 6.98. The molecule has 8 nitrogen and oxygen atoms in total. The van der Waals surface area contributed by atoms with E-state index in [2.05, 4.69) is 9.97 Å². The van der Waals surface area contributed by atoms with Crippen molar-refractivity contribution in [2.75, 3.05) is 0 Å². The Balaban J connectivity index is 1.87. The lowest BCUT2D eigenvalue weighted by Gasteiger charge is -2.07. The van der Waals surface area contributed by atoms with Gasteiger partial charge >= 0.3 is 11.7 Å². The van der Waals surface area contributed by atoms with Crippen molar-refractivity contribution in [2.24, 2.45) is 0 Å². The number of aromatic nitrogens is 3. The van der Waals surface area contributed by atoms with Gasteiger partial charge in [-0.05, 0) is 12.1 Å². The van der Waals surface area contributed by atoms with Crippen LogP contribution in [-0.2, 0) is 17.9 Å². The molecule has 24 heavy (non-hydrogen) atoms. The lowest BCUT2D eigenvalue weighted by atomic mass is 10.3. The second kappa shape index (κ2) is 6.71. The number of aliphatic carboxylic acids is 1. The van der Waals surface area contributed by atoms with Crippen molar-refractivity contribution in [2.45, 2.75) is 19.6 Å². The Labute approximate surface area is 140 Å². The van der Waals surface area contributed by atoms with Gasteiger partial charge < -0.3 is 14.3 Å². The summed E-state index contributed by atoms with van der Waals surface area (Å²) in [6.45, 7) is 0.103. The average molecular weight is 350 g/mol. The van der Waals surface area contributed by atoms with Gasteiger partial charge in [-0.15, -0.1) is 0 Å². The van der Waals surface area contributed by atoms with Crippen molar-refractivity contribution in [3.8, 4) is 5.75 Å². The van der Waals surface area contributed by atoms with E-state index < -0.39 is 11.7 Å². The van der Waals surface area contributed by atoms with Crippen LogP contribution in [0.2, 0.25) is 5.02 Å². The maximum atomic E-state index is 11.9. The lowest BCUT2D eigenvalue weighted by Crippen LogP contribution is -2.16. The van der Waals surface area contributed by atoms with Gasteiger partial charge in [-0.25, -0.2) is 14.8 Å². The Morgan fingerprint density at radius 3 is 2.79 bits per heavy atom. The molecular formula is C15H12ClN3O5. The van der Waals surface area contributed by atoms with Gasteiger partial charge in [0.15, 0.2) is 11.4 Å². The van der Waals surface area contributed by atoms with Crippen molar-refractivity contribution in [3.05, 3.63) is 52.0 Å². The minimum atomic E-state index is -1.01. The number of carbonyl (C=O) groups is 1. The number of carboxylic acids is 1. The number of carboxylic acid groups (broad SMARTS) is 1. The van der Waals surface area contributed by atoms with E-state index >= 15 is 0 Å². The number of aryl methyl sites for hydroxylation is 1. The second-order valence-electron chi connectivity index (χ2n) is 4.87. The molecular weight excluding hydrogens is 338 g/mol. The van der Waals surface area contributed by atoms with Crippen molar-refractivity contribution in [1.29, 1.82) is 0 Å². The average Bonchev–Trinajstić information content (AvgIpc) is 2.86. The Kier molecular flexibility index (Phi) is 4.48. The predicted molar refractivity (Wildman–Crippen MR) is 84.1 cm³/mol. The van der Waals surface area contributed by atoms with Crippen LogP contribution in [0.3, 0.4) is 0 Å². The third-order valence-corrected chi connectivity index (χ3v) is 3.54. The van der Waals surface area contributed by atoms with Gasteiger partial charge in [0.25, 0.3) is 0 Å². The molecule has 1 N–H and O–H groups in total. The Morgan fingerprint density at radius 2 is 2.08 bits per heavy atom. The molecule has 3 rings (SSSR count). The predicted octanol–water partition coefficient (Wildman–Crippen LogP) is 2.09. The monoisotopic (exact) mass is 349 g/mol. The van der Waals surface area contributed by atoms with Crippen molar-refractivity contribution >= 4 is 28.7 Å². The van der Waals surface area contributed by atoms with Crippen LogP contribution in [-0.4, -0.2) is 25.6 Å². The first-order valence-corrected chi connectivity index (χ1v) is 7.36. The van der Waals surface area contributed by atoms with Gasteiger partial charge in [0.1, 0.15) is 12.4 Å². The van der Waals surface area contributed by atoms with Crippen LogP contribution in [0.15, 0.2) is 39.8 Å². The number of nitrogens with zero attached hydrogens (tertiary/aromatic N) is 3. The van der Waals surface area contributed by atoms with E-state index in [4.69, 9.17) is 25.9 Å². The van der Waals surface area contributed by atoms with Crippen LogP contribution in [0.25, 0.3) is 11.1 Å². The first kappa shape index (κ1) is 16.0. The Hall–Kier alpha value is -2.87. The van der Waals surface area contributed by atoms with Gasteiger partial charge in [0.2, 0.25) is 0 Å². The fourth-order valence-electron chi connectivity index (χ4n) is 2.14. The summed E-state index contributed by atoms with van der Waals surface area (Å²) in [4.78, 5) is 30.6. The molecule has 0 saturated carbocycles. The number of benzene rings is 1. The maximum Gasteiger partial charge on any atom is 0.419 e. The molecule has 0 unspecified atom stereocenters. The molecule has 2 heterocycles. The van der Waals surface area contributed by atoms with Crippen LogP contribution in [0, 0.1) is 0 Å². The van der Waals surface area contributed by atoms with Crippen LogP contribution in [0.1, 0.15) is 12.2 Å². The van der Waals surface area contributed by atoms with E-state index in [-0.39, 0.29) is 30.2 Å². The standard InChI is InChI=1S/C15H12ClN3O5/c16-9-6-10-12(24-15(22)19(10)5-2-14(20)21)7-11(9)23-8-13-17-3-1-4-18-13/h1,3-4,6-7H,2,5,8H2,(H,20,21). The third kappa shape index (κ3) is 3.38. The zero-order valence-electron chi connectivity index (χ0n) is 12.3. The van der Waals surface area contributed by atoms with Crippen LogP contribution in [0.4, 0.5) is 0 Å². The normalized spacial score (nSPS) is 10.9. The van der Waals surface area contributed by atoms with E-state index in [1.54, 1.807) is 18.5 Å². The Bertz CT molecular complexity index is 935. The molecule has 0 bridgehead atoms. The minimum absolute atomic E-state index is 0.00441. The van der Waals surface area contributed by atoms with Gasteiger partial charge in [0.05, 0.1) is 17.0 Å². The lowest BCUT2D eigenvalue weighted by molar-refractivity contribution is -0.137. The van der Waals surface area contributed by atoms with Crippen molar-refractivity contribution in [1.82, 2.24) is 14.5 Å². The zero-order chi connectivity index (χ0) is 17.1. The molecule has 0 fully saturated rings. The van der Waals surface area contributed by atoms with Crippen molar-refractivity contribution in [3.63, 3.8) is 0 Å². The van der Waals surface area contributed by atoms with Crippen molar-refractivity contribution < 1.29 is 19.1 Å². The molecule has 0 aliphatic rings. The molecule has 9 heteroatoms. The summed E-state index contributed by atoms with van der Waals surface area (Å²) in [5.41, 5.74) is 0.674. The van der Waals surface area contributed by atoms with Crippen LogP contribution >= 0.6 is 11.6 Å². The minimum Gasteiger partial charge on any atom is -0.484 e. The SMILES string of the molecule is O=C(O)CCn1c(=O)oc2cc(OCc3ncccn3)c(Cl)cc21. The molecule has 0 aliphatic carbocycles. The summed E-state index contributed by atoms with van der Waals surface area (Å²) >= 11 is 6.17. The molecule has 124 valence electrons. The fourth-order valence-corrected chi connectivity index (χ4v) is 2.35. The molecule has 0 spiro atoms. The highest BCUT2D eigenvalue weighted by atomic mass is 35.5. The smallest absolute Gasteiger partial charge is 0.419 e. The number of rotatable bonds is 6. The highest BCUT2D eigenvalue weighted by Crippen LogP contribution is 2.30. The van der Waals surface area contributed by atoms with E-state index in [0.717, 1.165) is 0 Å². The number of hydrogen-bond donors (Lipinski definition) is 1. The van der Waals surface area contributed by atoms with E-state index in [9.17, 15) is 9.59 Å². The largest absolute Gasteiger partial charge is 0.484 e. The second-order valence-corrected chi connectivity index (χ2v) is 5.27. The maximum absolute atomic E-state index is 11.9. The summed E-state index contributed by atoms with van der Waals surface area (Å²) in [7, 11) is 0. The van der Waals surface area contributed by atoms with Crippen LogP contribution < -0.4 is 10.5 Å². The molecule has 0 amide bonds. The van der Waals surface area contributed by atoms with Gasteiger partial charge in [-0.2, -0.15) is 0 Å². The van der Waals surface area contributed by atoms with Gasteiger partial charge in [-0.3, -0.25) is 9.36 Å². The summed E-state index contributed by atoms with van der Waals surface area (Å²) < 4.78 is 11.9. The molecule has 1 aromatic carbocycles. The summed E-state index contributed by atoms with van der Waals surface area (Å²) in [5.74, 6) is -0.860. The zero-order valence-corrected chi connectivity index (χ0v) is 13.1. The molecule has 3 aromatic rings. The molecule has 0 saturated heterocycles. The highest BCUT2D eigenvalue weighted by molar-refractivity contribution is 6.32. The number of halogens is 1. The fraction of sp³-hybridized carbons (Fsp3) is 0.200. The number of fused-ring (bicyclic) bond motifs is 1. The third-order valence-electron chi connectivity index (χ3n) is 3.25. The molecule has 0 aliphatic heterocycles. The molecule has 0 atom stereocenters. The van der Waals surface area contributed by atoms with E-state index in [1.165, 1.54) is 16.7 Å². The van der Waals surface area contributed by atoms with Gasteiger partial charge in [-0.1, -0.05) is 11.6 Å². The number of oxazole rings is 1. The summed E-state index contributed by atoms with van der Waals surface area (Å²) in [5, 5.41) is 9.02. The van der Waals surface area contributed by atoms with Crippen LogP contribution in [0.5, 0.6) is 5.75 Å². The molecule has 2 aromatic heterocycles. The number of ether oxygens (including phenoxy) is 1. The van der Waals surface area contributed by atoms with Gasteiger partial charge in [0, 0.05) is 25.0 Å². The summed E-state index contributed by atoms with van der Waals surface area (Å²) in [6, 6.07) is 4.68. The Morgan fingerprint density at radius 1 is 1.33 bits per heavy atom. The quantitative estimate of drug-likeness (QED) is 0.725. The number of hydrogen-bond acceptors (Lipinski definition) is 6.